The van der Waals surface area contributed by atoms with Crippen molar-refractivity contribution in [2.45, 2.75) is 32.2 Å². The fourth-order valence-electron chi connectivity index (χ4n) is 3.07. The number of nitrogens with one attached hydrogen (secondary N) is 1. The van der Waals surface area contributed by atoms with Crippen LogP contribution in [0.5, 0.6) is 0 Å². The number of benzene rings is 1. The van der Waals surface area contributed by atoms with Gasteiger partial charge in [0, 0.05) is 29.2 Å². The Hall–Kier alpha value is -1.51. The number of amides is 1. The highest BCUT2D eigenvalue weighted by molar-refractivity contribution is 7.89. The van der Waals surface area contributed by atoms with Crippen molar-refractivity contribution in [3.8, 4) is 0 Å². The van der Waals surface area contributed by atoms with Gasteiger partial charge in [0.1, 0.15) is 5.82 Å². The van der Waals surface area contributed by atoms with Crippen LogP contribution in [0.15, 0.2) is 24.3 Å². The minimum Gasteiger partial charge on any atom is -0.338 e. The Labute approximate surface area is 150 Å². The average Bonchev–Trinajstić information content (AvgIpc) is 3.00. The SMILES string of the molecule is CCCS(=O)(=O)NC1CCN(C(=O)c2cc3c(F)cccc3s2)CC1. The largest absolute Gasteiger partial charge is 0.338 e. The van der Waals surface area contributed by atoms with Crippen LogP contribution >= 0.6 is 11.3 Å². The van der Waals surface area contributed by atoms with Gasteiger partial charge < -0.3 is 4.90 Å². The molecule has 2 aromatic rings. The van der Waals surface area contributed by atoms with Gasteiger partial charge in [-0.3, -0.25) is 4.79 Å². The van der Waals surface area contributed by atoms with Crippen LogP contribution in [0.2, 0.25) is 0 Å². The number of carbonyl (C=O) groups is 1. The van der Waals surface area contributed by atoms with Gasteiger partial charge in [0.25, 0.3) is 5.91 Å². The third-order valence-corrected chi connectivity index (χ3v) is 7.05. The Morgan fingerprint density at radius 3 is 2.72 bits per heavy atom. The number of halogens is 1. The number of thiophene rings is 1. The van der Waals surface area contributed by atoms with Crippen LogP contribution in [0.1, 0.15) is 35.9 Å². The Balaban J connectivity index is 1.64. The van der Waals surface area contributed by atoms with Gasteiger partial charge in [-0.05, 0) is 37.5 Å². The molecule has 1 N–H and O–H groups in total. The van der Waals surface area contributed by atoms with Crippen LogP contribution in [-0.2, 0) is 10.0 Å². The molecular formula is C17H21FN2O3S2. The first kappa shape index (κ1) is 18.3. The van der Waals surface area contributed by atoms with E-state index in [0.717, 1.165) is 4.70 Å². The lowest BCUT2D eigenvalue weighted by molar-refractivity contribution is 0.0716. The second kappa shape index (κ2) is 7.39. The Morgan fingerprint density at radius 2 is 2.08 bits per heavy atom. The van der Waals surface area contributed by atoms with Gasteiger partial charge in [-0.1, -0.05) is 13.0 Å². The molecule has 0 atom stereocenters. The summed E-state index contributed by atoms with van der Waals surface area (Å²) in [6.45, 7) is 2.82. The summed E-state index contributed by atoms with van der Waals surface area (Å²) < 4.78 is 40.9. The van der Waals surface area contributed by atoms with Crippen molar-refractivity contribution in [3.05, 3.63) is 35.0 Å². The second-order valence-corrected chi connectivity index (χ2v) is 9.22. The molecule has 3 rings (SSSR count). The first-order valence-electron chi connectivity index (χ1n) is 8.37. The summed E-state index contributed by atoms with van der Waals surface area (Å²) >= 11 is 1.29. The summed E-state index contributed by atoms with van der Waals surface area (Å²) in [6.07, 6.45) is 1.76. The number of hydrogen-bond donors (Lipinski definition) is 1. The maximum atomic E-state index is 13.8. The fourth-order valence-corrected chi connectivity index (χ4v) is 5.51. The van der Waals surface area contributed by atoms with Crippen molar-refractivity contribution in [1.29, 1.82) is 0 Å². The molecular weight excluding hydrogens is 363 g/mol. The van der Waals surface area contributed by atoms with E-state index < -0.39 is 10.0 Å². The molecule has 1 fully saturated rings. The molecule has 1 aromatic heterocycles. The molecule has 0 bridgehead atoms. The van der Waals surface area contributed by atoms with Crippen molar-refractivity contribution in [2.24, 2.45) is 0 Å². The maximum Gasteiger partial charge on any atom is 0.263 e. The lowest BCUT2D eigenvalue weighted by Crippen LogP contribution is -2.46. The van der Waals surface area contributed by atoms with Crippen LogP contribution in [-0.4, -0.2) is 44.1 Å². The van der Waals surface area contributed by atoms with Crippen molar-refractivity contribution in [1.82, 2.24) is 9.62 Å². The molecule has 0 unspecified atom stereocenters. The summed E-state index contributed by atoms with van der Waals surface area (Å²) in [6, 6.07) is 6.30. The first-order chi connectivity index (χ1) is 11.9. The molecule has 1 aliphatic rings. The van der Waals surface area contributed by atoms with Crippen LogP contribution in [0.4, 0.5) is 4.39 Å². The molecule has 0 saturated carbocycles. The summed E-state index contributed by atoms with van der Waals surface area (Å²) in [5, 5.41) is 0.470. The van der Waals surface area contributed by atoms with Gasteiger partial charge >= 0.3 is 0 Å². The molecule has 1 amide bonds. The van der Waals surface area contributed by atoms with Crippen molar-refractivity contribution >= 4 is 37.4 Å². The first-order valence-corrected chi connectivity index (χ1v) is 10.8. The average molecular weight is 384 g/mol. The summed E-state index contributed by atoms with van der Waals surface area (Å²) in [5.41, 5.74) is 0. The molecule has 0 radical (unpaired) electrons. The molecule has 1 aliphatic heterocycles. The Kier molecular flexibility index (Phi) is 5.41. The molecule has 2 heterocycles. The van der Waals surface area contributed by atoms with E-state index in [1.54, 1.807) is 23.1 Å². The maximum absolute atomic E-state index is 13.8. The van der Waals surface area contributed by atoms with Crippen molar-refractivity contribution in [2.75, 3.05) is 18.8 Å². The molecule has 1 saturated heterocycles. The zero-order valence-corrected chi connectivity index (χ0v) is 15.6. The zero-order chi connectivity index (χ0) is 18.0. The van der Waals surface area contributed by atoms with E-state index >= 15 is 0 Å². The standard InChI is InChI=1S/C17H21FN2O3S2/c1-2-10-25(22,23)19-12-6-8-20(9-7-12)17(21)16-11-13-14(18)4-3-5-15(13)24-16/h3-5,11-12,19H,2,6-10H2,1H3. The van der Waals surface area contributed by atoms with Crippen LogP contribution in [0.25, 0.3) is 10.1 Å². The minimum absolute atomic E-state index is 0.115. The monoisotopic (exact) mass is 384 g/mol. The number of likely N-dealkylation sites (tertiary alicyclic amines) is 1. The third kappa shape index (κ3) is 4.19. The smallest absolute Gasteiger partial charge is 0.263 e. The zero-order valence-electron chi connectivity index (χ0n) is 14.0. The van der Waals surface area contributed by atoms with Crippen LogP contribution < -0.4 is 4.72 Å². The van der Waals surface area contributed by atoms with Gasteiger partial charge in [-0.15, -0.1) is 11.3 Å². The van der Waals surface area contributed by atoms with Gasteiger partial charge in [0.2, 0.25) is 10.0 Å². The number of fused-ring (bicyclic) bond motifs is 1. The van der Waals surface area contributed by atoms with E-state index in [0.29, 0.717) is 42.6 Å². The lowest BCUT2D eigenvalue weighted by atomic mass is 10.1. The van der Waals surface area contributed by atoms with Gasteiger partial charge in [-0.2, -0.15) is 0 Å². The number of rotatable bonds is 5. The predicted octanol–water partition coefficient (Wildman–Crippen LogP) is 2.97. The van der Waals surface area contributed by atoms with E-state index in [1.807, 2.05) is 6.92 Å². The Morgan fingerprint density at radius 1 is 1.36 bits per heavy atom. The highest BCUT2D eigenvalue weighted by Crippen LogP contribution is 2.29. The van der Waals surface area contributed by atoms with Gasteiger partial charge in [0.05, 0.1) is 10.6 Å². The minimum atomic E-state index is -3.24. The fraction of sp³-hybridized carbons (Fsp3) is 0.471. The quantitative estimate of drug-likeness (QED) is 0.862. The lowest BCUT2D eigenvalue weighted by Gasteiger charge is -2.32. The summed E-state index contributed by atoms with van der Waals surface area (Å²) in [7, 11) is -3.24. The van der Waals surface area contributed by atoms with Gasteiger partial charge in [-0.25, -0.2) is 17.5 Å². The molecule has 0 aliphatic carbocycles. The van der Waals surface area contributed by atoms with Crippen LogP contribution in [0.3, 0.4) is 0 Å². The van der Waals surface area contributed by atoms with E-state index in [1.165, 1.54) is 17.4 Å². The number of piperidine rings is 1. The molecule has 0 spiro atoms. The van der Waals surface area contributed by atoms with E-state index in [9.17, 15) is 17.6 Å². The third-order valence-electron chi connectivity index (χ3n) is 4.32. The topological polar surface area (TPSA) is 66.5 Å². The van der Waals surface area contributed by atoms with Crippen molar-refractivity contribution < 1.29 is 17.6 Å². The molecule has 5 nitrogen and oxygen atoms in total. The van der Waals surface area contributed by atoms with E-state index in [2.05, 4.69) is 4.72 Å². The summed E-state index contributed by atoms with van der Waals surface area (Å²) in [4.78, 5) is 14.9. The number of sulfonamides is 1. The number of nitrogens with zero attached hydrogens (tertiary/aromatic N) is 1. The Bertz CT molecular complexity index is 871. The van der Waals surface area contributed by atoms with Gasteiger partial charge in [0.15, 0.2) is 0 Å². The summed E-state index contributed by atoms with van der Waals surface area (Å²) in [5.74, 6) is -0.313. The highest BCUT2D eigenvalue weighted by Gasteiger charge is 2.27. The molecule has 1 aromatic carbocycles. The molecule has 25 heavy (non-hydrogen) atoms. The normalized spacial score (nSPS) is 16.5. The van der Waals surface area contributed by atoms with E-state index in [4.69, 9.17) is 0 Å². The second-order valence-electron chi connectivity index (χ2n) is 6.27. The molecule has 8 heteroatoms. The van der Waals surface area contributed by atoms with Crippen LogP contribution in [0, 0.1) is 5.82 Å². The predicted molar refractivity (Wildman–Crippen MR) is 97.9 cm³/mol. The molecule has 136 valence electrons. The number of hydrogen-bond acceptors (Lipinski definition) is 4. The van der Waals surface area contributed by atoms with E-state index in [-0.39, 0.29) is 23.5 Å². The highest BCUT2D eigenvalue weighted by atomic mass is 32.2. The van der Waals surface area contributed by atoms with Crippen molar-refractivity contribution in [3.63, 3.8) is 0 Å². The number of carbonyl (C=O) groups excluding carboxylic acids is 1.